The second-order valence-electron chi connectivity index (χ2n) is 9.38. The van der Waals surface area contributed by atoms with Crippen molar-refractivity contribution < 1.29 is 26.2 Å². The summed E-state index contributed by atoms with van der Waals surface area (Å²) < 4.78 is 0. The quantitative estimate of drug-likeness (QED) is 0.206. The molecule has 0 spiro atoms. The van der Waals surface area contributed by atoms with Crippen LogP contribution in [-0.2, 0) is 26.5 Å². The van der Waals surface area contributed by atoms with E-state index in [1.165, 1.54) is 0 Å². The van der Waals surface area contributed by atoms with E-state index < -0.39 is 0 Å². The first-order chi connectivity index (χ1) is 17.4. The second kappa shape index (κ2) is 11.0. The van der Waals surface area contributed by atoms with E-state index in [2.05, 4.69) is 31.8 Å². The Balaban J connectivity index is 0.00000320. The Bertz CT molecular complexity index is 1450. The Morgan fingerprint density at radius 3 is 2.14 bits per heavy atom. The molecular formula is C30H26N5OPt-. The zero-order valence-corrected chi connectivity index (χ0v) is 23.0. The van der Waals surface area contributed by atoms with Gasteiger partial charge in [-0.15, -0.1) is 29.8 Å². The van der Waals surface area contributed by atoms with Crippen molar-refractivity contribution >= 4 is 17.2 Å². The molecule has 7 heteroatoms. The van der Waals surface area contributed by atoms with Crippen LogP contribution < -0.4 is 4.90 Å². The molecule has 1 N–H and O–H groups in total. The number of para-hydroxylation sites is 2. The Kier molecular flexibility index (Phi) is 7.79. The first kappa shape index (κ1) is 26.2. The molecule has 0 bridgehead atoms. The standard InChI is InChI=1S/C30H26N5O.Pt/c1-30(2,3)29-33-27(32-28(34-29)24-16-7-8-17-25(24)36)21-12-11-15-23(20-21)35(22-13-5-4-6-14-22)26-18-9-10-19-31-26;/h4-19,36H,1-3H3;/q-1;. The summed E-state index contributed by atoms with van der Waals surface area (Å²) in [5.41, 5.74) is 2.72. The van der Waals surface area contributed by atoms with E-state index in [-0.39, 0.29) is 32.2 Å². The van der Waals surface area contributed by atoms with Crippen LogP contribution in [0.1, 0.15) is 26.6 Å². The number of phenols is 1. The average molecular weight is 668 g/mol. The van der Waals surface area contributed by atoms with Crippen molar-refractivity contribution in [2.75, 3.05) is 4.90 Å². The van der Waals surface area contributed by atoms with Gasteiger partial charge in [-0.3, -0.25) is 9.97 Å². The van der Waals surface area contributed by atoms with Gasteiger partial charge in [0, 0.05) is 38.4 Å². The SMILES string of the molecule is CC(C)(C)c1nc(-c2[c-]c(N(c3ccccc3)c3ccccn3)ccc2)nc(-c2ccccc2O)n1.[Pt]. The number of aromatic nitrogens is 4. The Hall–Kier alpha value is -3.89. The predicted molar refractivity (Wildman–Crippen MR) is 142 cm³/mol. The Morgan fingerprint density at radius 1 is 0.730 bits per heavy atom. The minimum absolute atomic E-state index is 0. The van der Waals surface area contributed by atoms with Crippen molar-refractivity contribution in [3.8, 4) is 28.5 Å². The molecule has 0 saturated carbocycles. The van der Waals surface area contributed by atoms with Crippen molar-refractivity contribution in [1.82, 2.24) is 19.9 Å². The molecule has 0 aliphatic carbocycles. The third-order valence-electron chi connectivity index (χ3n) is 5.61. The van der Waals surface area contributed by atoms with Gasteiger partial charge in [0.2, 0.25) is 0 Å². The molecule has 0 radical (unpaired) electrons. The summed E-state index contributed by atoms with van der Waals surface area (Å²) in [5, 5.41) is 10.5. The number of pyridine rings is 1. The summed E-state index contributed by atoms with van der Waals surface area (Å²) in [6.45, 7) is 6.16. The van der Waals surface area contributed by atoms with Crippen LogP contribution in [0, 0.1) is 6.07 Å². The second-order valence-corrected chi connectivity index (χ2v) is 9.38. The fraction of sp³-hybridized carbons (Fsp3) is 0.133. The fourth-order valence-corrected chi connectivity index (χ4v) is 3.79. The molecule has 3 aromatic carbocycles. The van der Waals surface area contributed by atoms with Gasteiger partial charge in [-0.2, -0.15) is 0 Å². The number of benzene rings is 3. The summed E-state index contributed by atoms with van der Waals surface area (Å²) in [4.78, 5) is 20.9. The third kappa shape index (κ3) is 5.76. The van der Waals surface area contributed by atoms with Crippen molar-refractivity contribution in [3.63, 3.8) is 0 Å². The number of hydrogen-bond donors (Lipinski definition) is 1. The van der Waals surface area contributed by atoms with Crippen LogP contribution in [0.4, 0.5) is 17.2 Å². The van der Waals surface area contributed by atoms with Crippen molar-refractivity contribution in [2.45, 2.75) is 26.2 Å². The summed E-state index contributed by atoms with van der Waals surface area (Å²) >= 11 is 0. The molecular weight excluding hydrogens is 641 g/mol. The molecule has 37 heavy (non-hydrogen) atoms. The summed E-state index contributed by atoms with van der Waals surface area (Å²) in [6, 6.07) is 32.3. The summed E-state index contributed by atoms with van der Waals surface area (Å²) in [5.74, 6) is 2.44. The topological polar surface area (TPSA) is 75.0 Å². The fourth-order valence-electron chi connectivity index (χ4n) is 3.79. The number of nitrogens with zero attached hydrogens (tertiary/aromatic N) is 5. The van der Waals surface area contributed by atoms with Gasteiger partial charge in [0.15, 0.2) is 5.82 Å². The third-order valence-corrected chi connectivity index (χ3v) is 5.61. The van der Waals surface area contributed by atoms with Gasteiger partial charge in [0.05, 0.1) is 11.4 Å². The van der Waals surface area contributed by atoms with Crippen molar-refractivity contribution in [1.29, 1.82) is 0 Å². The average Bonchev–Trinajstić information content (AvgIpc) is 2.90. The van der Waals surface area contributed by atoms with Crippen LogP contribution in [0.15, 0.2) is 97.2 Å². The van der Waals surface area contributed by atoms with E-state index in [9.17, 15) is 5.11 Å². The maximum atomic E-state index is 10.5. The van der Waals surface area contributed by atoms with Crippen LogP contribution in [0.2, 0.25) is 0 Å². The number of anilines is 3. The largest absolute Gasteiger partial charge is 0.507 e. The zero-order chi connectivity index (χ0) is 25.1. The van der Waals surface area contributed by atoms with Gasteiger partial charge in [0.25, 0.3) is 0 Å². The van der Waals surface area contributed by atoms with Crippen LogP contribution in [0.5, 0.6) is 5.75 Å². The first-order valence-corrected chi connectivity index (χ1v) is 11.7. The maximum absolute atomic E-state index is 10.5. The van der Waals surface area contributed by atoms with Crippen LogP contribution in [-0.4, -0.2) is 25.0 Å². The monoisotopic (exact) mass is 667 g/mol. The molecule has 2 heterocycles. The van der Waals surface area contributed by atoms with E-state index in [0.29, 0.717) is 28.6 Å². The van der Waals surface area contributed by atoms with Gasteiger partial charge in [-0.1, -0.05) is 57.2 Å². The molecule has 0 atom stereocenters. The van der Waals surface area contributed by atoms with Crippen LogP contribution >= 0.6 is 0 Å². The van der Waals surface area contributed by atoms with E-state index in [0.717, 1.165) is 17.2 Å². The molecule has 0 aliphatic heterocycles. The Labute approximate surface area is 231 Å². The minimum atomic E-state index is -0.321. The first-order valence-electron chi connectivity index (χ1n) is 11.7. The van der Waals surface area contributed by atoms with Gasteiger partial charge in [-0.25, -0.2) is 9.97 Å². The van der Waals surface area contributed by atoms with Crippen molar-refractivity contribution in [2.24, 2.45) is 0 Å². The van der Waals surface area contributed by atoms with Gasteiger partial charge < -0.3 is 10.0 Å². The Morgan fingerprint density at radius 2 is 1.43 bits per heavy atom. The number of aromatic hydroxyl groups is 1. The van der Waals surface area contributed by atoms with Gasteiger partial charge in [0.1, 0.15) is 17.4 Å². The van der Waals surface area contributed by atoms with Gasteiger partial charge in [-0.05, 0) is 42.1 Å². The van der Waals surface area contributed by atoms with Crippen molar-refractivity contribution in [3.05, 3.63) is 109 Å². The van der Waals surface area contributed by atoms with E-state index in [4.69, 9.17) is 15.0 Å². The zero-order valence-electron chi connectivity index (χ0n) is 20.7. The maximum Gasteiger partial charge on any atom is 0.157 e. The van der Waals surface area contributed by atoms with E-state index in [1.807, 2.05) is 77.7 Å². The summed E-state index contributed by atoms with van der Waals surface area (Å²) in [7, 11) is 0. The van der Waals surface area contributed by atoms with Crippen LogP contribution in [0.3, 0.4) is 0 Å². The predicted octanol–water partition coefficient (Wildman–Crippen LogP) is 6.87. The molecule has 5 rings (SSSR count). The normalized spacial score (nSPS) is 11.0. The molecule has 5 aromatic rings. The molecule has 0 unspecified atom stereocenters. The van der Waals surface area contributed by atoms with Crippen LogP contribution in [0.25, 0.3) is 22.8 Å². The molecule has 6 nitrogen and oxygen atoms in total. The number of hydrogen-bond acceptors (Lipinski definition) is 6. The van der Waals surface area contributed by atoms with E-state index in [1.54, 1.807) is 24.4 Å². The molecule has 0 amide bonds. The number of phenolic OH excluding ortho intramolecular Hbond substituents is 1. The molecule has 0 fully saturated rings. The van der Waals surface area contributed by atoms with E-state index >= 15 is 0 Å². The smallest absolute Gasteiger partial charge is 0.157 e. The molecule has 188 valence electrons. The minimum Gasteiger partial charge on any atom is -0.507 e. The molecule has 2 aromatic heterocycles. The molecule has 0 aliphatic rings. The number of rotatable bonds is 5. The molecule has 0 saturated heterocycles. The summed E-state index contributed by atoms with van der Waals surface area (Å²) in [6.07, 6.45) is 1.77. The van der Waals surface area contributed by atoms with Gasteiger partial charge >= 0.3 is 0 Å².